The van der Waals surface area contributed by atoms with Crippen LogP contribution in [0.25, 0.3) is 0 Å². The summed E-state index contributed by atoms with van der Waals surface area (Å²) >= 11 is 5.66. The first kappa shape index (κ1) is 22.5. The molecule has 0 aromatic heterocycles. The first-order chi connectivity index (χ1) is 13.9. The Morgan fingerprint density at radius 2 is 2.07 bits per heavy atom. The molecule has 0 spiro atoms. The molecule has 2 aliphatic heterocycles. The summed E-state index contributed by atoms with van der Waals surface area (Å²) in [6.45, 7) is 0.731. The van der Waals surface area contributed by atoms with E-state index in [0.29, 0.717) is 0 Å². The van der Waals surface area contributed by atoms with Crippen LogP contribution in [0, 0.1) is 17.6 Å². The molecule has 1 aromatic rings. The van der Waals surface area contributed by atoms with Gasteiger partial charge in [-0.05, 0) is 25.8 Å². The summed E-state index contributed by atoms with van der Waals surface area (Å²) in [5.41, 5.74) is -1.67. The average molecular weight is 456 g/mol. The highest BCUT2D eigenvalue weighted by molar-refractivity contribution is 6.31. The number of benzene rings is 1. The highest BCUT2D eigenvalue weighted by Crippen LogP contribution is 2.44. The third-order valence-corrected chi connectivity index (χ3v) is 5.77. The van der Waals surface area contributed by atoms with Gasteiger partial charge in [-0.2, -0.15) is 13.2 Å². The molecule has 0 bridgehead atoms. The largest absolute Gasteiger partial charge is 0.394 e. The van der Waals surface area contributed by atoms with E-state index in [9.17, 15) is 31.5 Å². The lowest BCUT2D eigenvalue weighted by Gasteiger charge is -2.44. The SMILES string of the molecule is C[C@@]1(C(NC(=O)[C@@H]2CNC(=O)N2)c2ccc(F)c(Cl)c2F)CC[C@@H](C(F)(F)F)CO1. The number of nitrogens with one attached hydrogen (secondary N) is 3. The van der Waals surface area contributed by atoms with E-state index in [0.717, 1.165) is 12.1 Å². The molecule has 3 amide bonds. The maximum absolute atomic E-state index is 14.8. The quantitative estimate of drug-likeness (QED) is 0.482. The molecule has 30 heavy (non-hydrogen) atoms. The van der Waals surface area contributed by atoms with Gasteiger partial charge in [-0.3, -0.25) is 4.79 Å². The monoisotopic (exact) mass is 455 g/mol. The first-order valence-corrected chi connectivity index (χ1v) is 9.49. The Balaban J connectivity index is 1.91. The Bertz CT molecular complexity index is 843. The zero-order valence-electron chi connectivity index (χ0n) is 15.7. The number of amides is 3. The standard InChI is InChI=1S/C18H19ClF5N3O3/c1-17(5-4-8(7-30-17)18(22,23)24)14(9-2-3-10(20)12(19)13(9)21)27-15(28)11-6-25-16(29)26-11/h2-3,8,11,14H,4-7H2,1H3,(H,27,28)(H2,25,26,29)/t8-,11+,14?,17+/m1/s1. The van der Waals surface area contributed by atoms with Gasteiger partial charge in [0.25, 0.3) is 0 Å². The van der Waals surface area contributed by atoms with Crippen molar-refractivity contribution >= 4 is 23.5 Å². The fourth-order valence-electron chi connectivity index (χ4n) is 3.57. The molecule has 4 atom stereocenters. The van der Waals surface area contributed by atoms with Crippen molar-refractivity contribution in [1.29, 1.82) is 0 Å². The van der Waals surface area contributed by atoms with Crippen molar-refractivity contribution in [2.45, 2.75) is 43.6 Å². The van der Waals surface area contributed by atoms with Crippen molar-refractivity contribution in [3.8, 4) is 0 Å². The summed E-state index contributed by atoms with van der Waals surface area (Å²) in [7, 11) is 0. The predicted molar refractivity (Wildman–Crippen MR) is 95.7 cm³/mol. The molecule has 2 heterocycles. The summed E-state index contributed by atoms with van der Waals surface area (Å²) in [6, 6.07) is -0.888. The maximum atomic E-state index is 14.8. The van der Waals surface area contributed by atoms with Gasteiger partial charge < -0.3 is 20.7 Å². The van der Waals surface area contributed by atoms with Crippen molar-refractivity contribution in [3.05, 3.63) is 34.4 Å². The molecule has 12 heteroatoms. The van der Waals surface area contributed by atoms with Crippen LogP contribution in [0.4, 0.5) is 26.7 Å². The van der Waals surface area contributed by atoms with Crippen LogP contribution in [-0.2, 0) is 9.53 Å². The highest BCUT2D eigenvalue weighted by atomic mass is 35.5. The molecule has 166 valence electrons. The number of urea groups is 1. The normalized spacial score (nSPS) is 27.9. The smallest absolute Gasteiger partial charge is 0.372 e. The summed E-state index contributed by atoms with van der Waals surface area (Å²) in [6.07, 6.45) is -4.92. The molecule has 0 saturated carbocycles. The van der Waals surface area contributed by atoms with Crippen molar-refractivity contribution in [2.75, 3.05) is 13.2 Å². The Morgan fingerprint density at radius 1 is 1.37 bits per heavy atom. The first-order valence-electron chi connectivity index (χ1n) is 9.11. The van der Waals surface area contributed by atoms with Crippen LogP contribution in [0.15, 0.2) is 12.1 Å². The van der Waals surface area contributed by atoms with Crippen molar-refractivity contribution in [1.82, 2.24) is 16.0 Å². The Morgan fingerprint density at radius 3 is 2.60 bits per heavy atom. The summed E-state index contributed by atoms with van der Waals surface area (Å²) in [5, 5.41) is 6.46. The second-order valence-corrected chi connectivity index (χ2v) is 7.89. The van der Waals surface area contributed by atoms with Gasteiger partial charge >= 0.3 is 12.2 Å². The lowest BCUT2D eigenvalue weighted by atomic mass is 9.81. The minimum atomic E-state index is -4.45. The molecular weight excluding hydrogens is 437 g/mol. The number of halogens is 6. The number of hydrogen-bond donors (Lipinski definition) is 3. The number of carbonyl (C=O) groups excluding carboxylic acids is 2. The van der Waals surface area contributed by atoms with Crippen LogP contribution in [0.2, 0.25) is 5.02 Å². The van der Waals surface area contributed by atoms with Crippen LogP contribution >= 0.6 is 11.6 Å². The molecule has 0 aliphatic carbocycles. The third-order valence-electron chi connectivity index (χ3n) is 5.43. The van der Waals surface area contributed by atoms with E-state index < -0.39 is 65.0 Å². The highest BCUT2D eigenvalue weighted by Gasteiger charge is 2.49. The number of carbonyl (C=O) groups is 2. The van der Waals surface area contributed by atoms with Gasteiger partial charge in [-0.25, -0.2) is 13.6 Å². The van der Waals surface area contributed by atoms with Gasteiger partial charge in [0.1, 0.15) is 22.7 Å². The van der Waals surface area contributed by atoms with Crippen molar-refractivity contribution in [2.24, 2.45) is 5.92 Å². The van der Waals surface area contributed by atoms with E-state index in [4.69, 9.17) is 16.3 Å². The molecule has 2 aliphatic rings. The molecule has 3 N–H and O–H groups in total. The second kappa shape index (κ2) is 8.18. The Labute approximate surface area is 173 Å². The van der Waals surface area contributed by atoms with E-state index in [1.807, 2.05) is 0 Å². The van der Waals surface area contributed by atoms with Crippen LogP contribution in [0.5, 0.6) is 0 Å². The molecule has 3 rings (SSSR count). The molecule has 2 fully saturated rings. The third kappa shape index (κ3) is 4.46. The molecule has 1 unspecified atom stereocenters. The van der Waals surface area contributed by atoms with E-state index in [2.05, 4.69) is 16.0 Å². The average Bonchev–Trinajstić information content (AvgIpc) is 3.11. The zero-order chi connectivity index (χ0) is 22.3. The molecule has 0 radical (unpaired) electrons. The van der Waals surface area contributed by atoms with Gasteiger partial charge in [-0.15, -0.1) is 0 Å². The topological polar surface area (TPSA) is 79.5 Å². The molecule has 1 aromatic carbocycles. The Kier molecular flexibility index (Phi) is 6.15. The van der Waals surface area contributed by atoms with Gasteiger partial charge in [0.05, 0.1) is 24.2 Å². The minimum absolute atomic E-state index is 0.0300. The molecular formula is C18H19ClF5N3O3. The van der Waals surface area contributed by atoms with Gasteiger partial charge in [0, 0.05) is 12.1 Å². The summed E-state index contributed by atoms with van der Waals surface area (Å²) in [4.78, 5) is 23.9. The second-order valence-electron chi connectivity index (χ2n) is 7.51. The maximum Gasteiger partial charge on any atom is 0.394 e. The summed E-state index contributed by atoms with van der Waals surface area (Å²) in [5.74, 6) is -4.58. The predicted octanol–water partition coefficient (Wildman–Crippen LogP) is 3.20. The number of hydrogen-bond acceptors (Lipinski definition) is 3. The van der Waals surface area contributed by atoms with Crippen LogP contribution in [0.1, 0.15) is 31.4 Å². The number of rotatable bonds is 4. The number of alkyl halides is 3. The lowest BCUT2D eigenvalue weighted by Crippen LogP contribution is -2.54. The molecule has 2 saturated heterocycles. The van der Waals surface area contributed by atoms with Gasteiger partial charge in [-0.1, -0.05) is 17.7 Å². The van der Waals surface area contributed by atoms with E-state index in [-0.39, 0.29) is 24.9 Å². The fraction of sp³-hybridized carbons (Fsp3) is 0.556. The summed E-state index contributed by atoms with van der Waals surface area (Å²) < 4.78 is 72.9. The minimum Gasteiger partial charge on any atom is -0.372 e. The van der Waals surface area contributed by atoms with Crippen molar-refractivity contribution < 1.29 is 36.3 Å². The van der Waals surface area contributed by atoms with Gasteiger partial charge in [0.2, 0.25) is 5.91 Å². The van der Waals surface area contributed by atoms with E-state index >= 15 is 0 Å². The van der Waals surface area contributed by atoms with Crippen molar-refractivity contribution in [3.63, 3.8) is 0 Å². The Hall–Kier alpha value is -2.14. The molecule has 6 nitrogen and oxygen atoms in total. The van der Waals surface area contributed by atoms with E-state index in [1.165, 1.54) is 6.92 Å². The lowest BCUT2D eigenvalue weighted by molar-refractivity contribution is -0.226. The van der Waals surface area contributed by atoms with Crippen LogP contribution < -0.4 is 16.0 Å². The van der Waals surface area contributed by atoms with Gasteiger partial charge in [0.15, 0.2) is 0 Å². The van der Waals surface area contributed by atoms with Crippen LogP contribution in [0.3, 0.4) is 0 Å². The van der Waals surface area contributed by atoms with Crippen LogP contribution in [-0.4, -0.2) is 42.9 Å². The fourth-order valence-corrected chi connectivity index (χ4v) is 3.74. The zero-order valence-corrected chi connectivity index (χ0v) is 16.5. The number of ether oxygens (including phenoxy) is 1. The van der Waals surface area contributed by atoms with E-state index in [1.54, 1.807) is 0 Å².